The molecular weight excluding hydrogens is 336 g/mol. The third-order valence-electron chi connectivity index (χ3n) is 5.90. The van der Waals surface area contributed by atoms with Gasteiger partial charge in [-0.05, 0) is 47.1 Å². The van der Waals surface area contributed by atoms with E-state index in [0.717, 1.165) is 12.8 Å². The molecule has 0 atom stereocenters. The summed E-state index contributed by atoms with van der Waals surface area (Å²) in [5.74, 6) is 0. The van der Waals surface area contributed by atoms with E-state index in [4.69, 9.17) is 0 Å². The van der Waals surface area contributed by atoms with Crippen LogP contribution in [-0.4, -0.2) is 0 Å². The zero-order valence-corrected chi connectivity index (χ0v) is 16.6. The average molecular weight is 365 g/mol. The molecule has 0 heteroatoms. The van der Waals surface area contributed by atoms with Gasteiger partial charge in [0.05, 0.1) is 5.41 Å². The van der Waals surface area contributed by atoms with Crippen molar-refractivity contribution in [1.82, 2.24) is 0 Å². The first-order valence-electron chi connectivity index (χ1n) is 10.4. The molecule has 140 valence electrons. The topological polar surface area (TPSA) is 0 Å². The lowest BCUT2D eigenvalue weighted by molar-refractivity contribution is 0.690. The minimum Gasteiger partial charge on any atom is -0.0801 e. The molecule has 0 nitrogen and oxygen atoms in total. The lowest BCUT2D eigenvalue weighted by Gasteiger charge is -2.39. The van der Waals surface area contributed by atoms with Crippen LogP contribution in [0.2, 0.25) is 0 Å². The maximum absolute atomic E-state index is 2.37. The van der Waals surface area contributed by atoms with E-state index in [1.165, 1.54) is 40.7 Å². The van der Waals surface area contributed by atoms with Crippen molar-refractivity contribution in [3.05, 3.63) is 131 Å². The Hall–Kier alpha value is -2.86. The average Bonchev–Trinajstić information content (AvgIpc) is 3.24. The van der Waals surface area contributed by atoms with Crippen molar-refractivity contribution in [2.45, 2.75) is 38.0 Å². The number of hydrogen-bond acceptors (Lipinski definition) is 0. The molecule has 0 saturated carbocycles. The fourth-order valence-corrected chi connectivity index (χ4v) is 4.63. The molecule has 1 aliphatic carbocycles. The van der Waals surface area contributed by atoms with Crippen LogP contribution in [0.25, 0.3) is 0 Å². The molecule has 4 rings (SSSR count). The molecule has 0 radical (unpaired) electrons. The third-order valence-corrected chi connectivity index (χ3v) is 5.90. The van der Waals surface area contributed by atoms with Crippen LogP contribution >= 0.6 is 0 Å². The highest BCUT2D eigenvalue weighted by atomic mass is 14.4. The number of benzene rings is 3. The van der Waals surface area contributed by atoms with Crippen LogP contribution in [0.5, 0.6) is 0 Å². The number of rotatable bonds is 7. The Balaban J connectivity index is 2.05. The highest BCUT2D eigenvalue weighted by molar-refractivity contribution is 5.62. The van der Waals surface area contributed by atoms with Gasteiger partial charge in [-0.1, -0.05) is 116 Å². The van der Waals surface area contributed by atoms with E-state index in [0.29, 0.717) is 0 Å². The fourth-order valence-electron chi connectivity index (χ4n) is 4.63. The van der Waals surface area contributed by atoms with Gasteiger partial charge in [0.25, 0.3) is 0 Å². The molecule has 0 aliphatic heterocycles. The molecule has 1 aliphatic rings. The Morgan fingerprint density at radius 2 is 1.14 bits per heavy atom. The predicted molar refractivity (Wildman–Crippen MR) is 120 cm³/mol. The van der Waals surface area contributed by atoms with Crippen molar-refractivity contribution >= 4 is 0 Å². The van der Waals surface area contributed by atoms with Crippen LogP contribution in [0.1, 0.15) is 49.3 Å². The molecule has 0 fully saturated rings. The van der Waals surface area contributed by atoms with Crippen molar-refractivity contribution in [3.63, 3.8) is 0 Å². The molecule has 0 aromatic heterocycles. The van der Waals surface area contributed by atoms with Gasteiger partial charge in [0.1, 0.15) is 0 Å². The minimum atomic E-state index is -0.254. The smallest absolute Gasteiger partial charge is 0.0670 e. The van der Waals surface area contributed by atoms with Crippen molar-refractivity contribution < 1.29 is 0 Å². The monoisotopic (exact) mass is 364 g/mol. The van der Waals surface area contributed by atoms with Gasteiger partial charge in [0.2, 0.25) is 0 Å². The molecule has 0 unspecified atom stereocenters. The maximum atomic E-state index is 2.37. The Bertz CT molecular complexity index is 850. The normalized spacial score (nSPS) is 13.9. The largest absolute Gasteiger partial charge is 0.0801 e. The zero-order valence-electron chi connectivity index (χ0n) is 16.6. The molecule has 28 heavy (non-hydrogen) atoms. The van der Waals surface area contributed by atoms with Crippen LogP contribution in [0.3, 0.4) is 0 Å². The molecule has 0 spiro atoms. The first-order valence-corrected chi connectivity index (χ1v) is 10.4. The van der Waals surface area contributed by atoms with Crippen LogP contribution in [0.15, 0.2) is 114 Å². The highest BCUT2D eigenvalue weighted by Crippen LogP contribution is 2.49. The van der Waals surface area contributed by atoms with E-state index in [-0.39, 0.29) is 5.41 Å². The van der Waals surface area contributed by atoms with Crippen LogP contribution < -0.4 is 0 Å². The molecule has 0 saturated heterocycles. The Morgan fingerprint density at radius 1 is 0.679 bits per heavy atom. The molecule has 0 heterocycles. The lowest BCUT2D eigenvalue weighted by Crippen LogP contribution is -2.32. The zero-order chi connectivity index (χ0) is 19.2. The number of unbranched alkanes of at least 4 members (excludes halogenated alkanes) is 1. The second-order valence-corrected chi connectivity index (χ2v) is 7.56. The SMILES string of the molecule is CCCCC1=C(C(c2ccccc2)(c2ccccc2)c2ccccc2)CC=C1. The van der Waals surface area contributed by atoms with Crippen LogP contribution in [0.4, 0.5) is 0 Å². The lowest BCUT2D eigenvalue weighted by atomic mass is 9.63. The van der Waals surface area contributed by atoms with E-state index in [2.05, 4.69) is 110 Å². The molecule has 0 bridgehead atoms. The van der Waals surface area contributed by atoms with Crippen LogP contribution in [0, 0.1) is 0 Å². The minimum absolute atomic E-state index is 0.254. The number of allylic oxidation sites excluding steroid dienone is 4. The van der Waals surface area contributed by atoms with Gasteiger partial charge in [-0.25, -0.2) is 0 Å². The summed E-state index contributed by atoms with van der Waals surface area (Å²) in [6.07, 6.45) is 9.34. The second-order valence-electron chi connectivity index (χ2n) is 7.56. The quantitative estimate of drug-likeness (QED) is 0.381. The van der Waals surface area contributed by atoms with Crippen molar-refractivity contribution in [1.29, 1.82) is 0 Å². The highest BCUT2D eigenvalue weighted by Gasteiger charge is 2.41. The fraction of sp³-hybridized carbons (Fsp3) is 0.214. The van der Waals surface area contributed by atoms with E-state index in [1.54, 1.807) is 0 Å². The standard InChI is InChI=1S/C28H28/c1-2-3-14-23-15-13-22-27(23)28(24-16-7-4-8-17-24,25-18-9-5-10-19-25)26-20-11-6-12-21-26/h4-13,15-21H,2-3,14,22H2,1H3. The first-order chi connectivity index (χ1) is 13.9. The summed E-state index contributed by atoms with van der Waals surface area (Å²) >= 11 is 0. The maximum Gasteiger partial charge on any atom is 0.0670 e. The first kappa shape index (κ1) is 18.5. The van der Waals surface area contributed by atoms with Crippen molar-refractivity contribution in [2.75, 3.05) is 0 Å². The van der Waals surface area contributed by atoms with Gasteiger partial charge in [-0.3, -0.25) is 0 Å². The van der Waals surface area contributed by atoms with Gasteiger partial charge in [0.15, 0.2) is 0 Å². The summed E-state index contributed by atoms with van der Waals surface area (Å²) in [5, 5.41) is 0. The molecule has 3 aromatic rings. The van der Waals surface area contributed by atoms with Gasteiger partial charge >= 0.3 is 0 Å². The summed E-state index contributed by atoms with van der Waals surface area (Å²) in [6, 6.07) is 33.1. The van der Waals surface area contributed by atoms with Crippen molar-refractivity contribution in [2.24, 2.45) is 0 Å². The van der Waals surface area contributed by atoms with Gasteiger partial charge in [-0.2, -0.15) is 0 Å². The van der Waals surface area contributed by atoms with Crippen molar-refractivity contribution in [3.8, 4) is 0 Å². The summed E-state index contributed by atoms with van der Waals surface area (Å²) in [7, 11) is 0. The second kappa shape index (κ2) is 8.44. The van der Waals surface area contributed by atoms with E-state index >= 15 is 0 Å². The third kappa shape index (κ3) is 3.24. The molecule has 3 aromatic carbocycles. The van der Waals surface area contributed by atoms with Crippen LogP contribution in [-0.2, 0) is 5.41 Å². The Kier molecular flexibility index (Phi) is 5.58. The van der Waals surface area contributed by atoms with Gasteiger partial charge in [-0.15, -0.1) is 0 Å². The number of hydrogen-bond donors (Lipinski definition) is 0. The predicted octanol–water partition coefficient (Wildman–Crippen LogP) is 7.47. The van der Waals surface area contributed by atoms with E-state index < -0.39 is 0 Å². The molecule has 0 N–H and O–H groups in total. The van der Waals surface area contributed by atoms with E-state index in [9.17, 15) is 0 Å². The summed E-state index contributed by atoms with van der Waals surface area (Å²) in [6.45, 7) is 2.28. The van der Waals surface area contributed by atoms with E-state index in [1.807, 2.05) is 0 Å². The van der Waals surface area contributed by atoms with Gasteiger partial charge in [0, 0.05) is 0 Å². The Labute approximate surface area is 169 Å². The Morgan fingerprint density at radius 3 is 1.57 bits per heavy atom. The summed E-state index contributed by atoms with van der Waals surface area (Å²) in [4.78, 5) is 0. The summed E-state index contributed by atoms with van der Waals surface area (Å²) < 4.78 is 0. The van der Waals surface area contributed by atoms with Gasteiger partial charge < -0.3 is 0 Å². The molecular formula is C28H28. The molecule has 0 amide bonds. The summed E-state index contributed by atoms with van der Waals surface area (Å²) in [5.41, 5.74) is 6.83.